The van der Waals surface area contributed by atoms with Gasteiger partial charge in [-0.05, 0) is 37.5 Å². The van der Waals surface area contributed by atoms with Crippen molar-refractivity contribution in [3.05, 3.63) is 12.2 Å². The van der Waals surface area contributed by atoms with Crippen molar-refractivity contribution >= 4 is 17.6 Å². The fraction of sp³-hybridized carbons (Fsp3) is 0.786. The highest BCUT2D eigenvalue weighted by atomic mass is 35.5. The molecule has 1 aliphatic carbocycles. The standard InChI is InChI=1S/C14H23ClO2/c1-11-7-6-9-13(15)12(11)8-4-2-3-5-10-14(16)17/h2,4,11-13H,3,5-10H2,1H3,(H,16,17)/b4-2-/t11?,12-,13?/m1/s1. The zero-order valence-electron chi connectivity index (χ0n) is 10.6. The zero-order chi connectivity index (χ0) is 12.7. The Hall–Kier alpha value is -0.500. The van der Waals surface area contributed by atoms with Crippen molar-refractivity contribution in [3.63, 3.8) is 0 Å². The first kappa shape index (κ1) is 14.6. The average molecular weight is 259 g/mol. The molecule has 0 aromatic carbocycles. The van der Waals surface area contributed by atoms with Crippen LogP contribution in [-0.4, -0.2) is 16.5 Å². The fourth-order valence-corrected chi connectivity index (χ4v) is 3.05. The predicted octanol–water partition coefficient (Wildman–Crippen LogP) is 4.23. The number of hydrogen-bond acceptors (Lipinski definition) is 1. The predicted molar refractivity (Wildman–Crippen MR) is 71.4 cm³/mol. The van der Waals surface area contributed by atoms with Crippen molar-refractivity contribution in [2.75, 3.05) is 0 Å². The van der Waals surface area contributed by atoms with E-state index < -0.39 is 5.97 Å². The molecule has 98 valence electrons. The number of halogens is 1. The molecule has 0 amide bonds. The first-order chi connectivity index (χ1) is 8.11. The summed E-state index contributed by atoms with van der Waals surface area (Å²) in [5.74, 6) is 0.608. The molecule has 0 aliphatic heterocycles. The van der Waals surface area contributed by atoms with Crippen LogP contribution in [-0.2, 0) is 4.79 Å². The van der Waals surface area contributed by atoms with E-state index in [2.05, 4.69) is 19.1 Å². The summed E-state index contributed by atoms with van der Waals surface area (Å²) in [6.07, 6.45) is 10.9. The second-order valence-electron chi connectivity index (χ2n) is 5.08. The lowest BCUT2D eigenvalue weighted by Crippen LogP contribution is -2.26. The van der Waals surface area contributed by atoms with Crippen LogP contribution in [0.4, 0.5) is 0 Å². The van der Waals surface area contributed by atoms with Gasteiger partial charge in [0.05, 0.1) is 0 Å². The number of rotatable bonds is 6. The second kappa shape index (κ2) is 7.75. The third-order valence-electron chi connectivity index (χ3n) is 3.67. The quantitative estimate of drug-likeness (QED) is 0.440. The molecule has 1 rings (SSSR count). The Morgan fingerprint density at radius 2 is 2.18 bits per heavy atom. The summed E-state index contributed by atoms with van der Waals surface area (Å²) in [4.78, 5) is 10.3. The van der Waals surface area contributed by atoms with Gasteiger partial charge in [-0.25, -0.2) is 0 Å². The number of allylic oxidation sites excluding steroid dienone is 2. The summed E-state index contributed by atoms with van der Waals surface area (Å²) in [5, 5.41) is 8.82. The van der Waals surface area contributed by atoms with Gasteiger partial charge in [-0.2, -0.15) is 0 Å². The molecule has 0 spiro atoms. The van der Waals surface area contributed by atoms with E-state index in [-0.39, 0.29) is 6.42 Å². The van der Waals surface area contributed by atoms with Crippen LogP contribution in [0.1, 0.15) is 51.9 Å². The lowest BCUT2D eigenvalue weighted by molar-refractivity contribution is -0.137. The first-order valence-electron chi connectivity index (χ1n) is 6.62. The highest BCUT2D eigenvalue weighted by molar-refractivity contribution is 6.20. The van der Waals surface area contributed by atoms with Crippen LogP contribution in [0.2, 0.25) is 0 Å². The molecule has 0 radical (unpaired) electrons. The summed E-state index contributed by atoms with van der Waals surface area (Å²) >= 11 is 6.35. The van der Waals surface area contributed by atoms with Crippen molar-refractivity contribution in [2.24, 2.45) is 11.8 Å². The number of carboxylic acid groups (broad SMARTS) is 1. The Kier molecular flexibility index (Phi) is 6.64. The Bertz CT molecular complexity index is 253. The van der Waals surface area contributed by atoms with Gasteiger partial charge in [0.25, 0.3) is 0 Å². The zero-order valence-corrected chi connectivity index (χ0v) is 11.3. The number of carbonyl (C=O) groups is 1. The van der Waals surface area contributed by atoms with Crippen LogP contribution >= 0.6 is 11.6 Å². The average Bonchev–Trinajstić information content (AvgIpc) is 2.26. The molecular formula is C14H23ClO2. The molecule has 0 aromatic heterocycles. The molecule has 1 aliphatic rings. The molecular weight excluding hydrogens is 236 g/mol. The Balaban J connectivity index is 2.19. The number of carboxylic acids is 1. The van der Waals surface area contributed by atoms with Crippen LogP contribution in [0.3, 0.4) is 0 Å². The molecule has 17 heavy (non-hydrogen) atoms. The van der Waals surface area contributed by atoms with Gasteiger partial charge < -0.3 is 5.11 Å². The summed E-state index contributed by atoms with van der Waals surface area (Å²) in [7, 11) is 0. The van der Waals surface area contributed by atoms with Crippen molar-refractivity contribution < 1.29 is 9.90 Å². The van der Waals surface area contributed by atoms with E-state index in [1.165, 1.54) is 12.8 Å². The molecule has 2 nitrogen and oxygen atoms in total. The maximum absolute atomic E-state index is 10.3. The van der Waals surface area contributed by atoms with Crippen LogP contribution in [0, 0.1) is 11.8 Å². The lowest BCUT2D eigenvalue weighted by Gasteiger charge is -2.32. The van der Waals surface area contributed by atoms with Gasteiger partial charge in [0.15, 0.2) is 0 Å². The van der Waals surface area contributed by atoms with Crippen molar-refractivity contribution in [1.29, 1.82) is 0 Å². The highest BCUT2D eigenvalue weighted by Crippen LogP contribution is 2.35. The number of hydrogen-bond donors (Lipinski definition) is 1. The van der Waals surface area contributed by atoms with Gasteiger partial charge in [0, 0.05) is 11.8 Å². The van der Waals surface area contributed by atoms with E-state index >= 15 is 0 Å². The van der Waals surface area contributed by atoms with Gasteiger partial charge >= 0.3 is 5.97 Å². The Morgan fingerprint density at radius 1 is 1.41 bits per heavy atom. The maximum atomic E-state index is 10.3. The third-order valence-corrected chi connectivity index (χ3v) is 4.21. The van der Waals surface area contributed by atoms with Gasteiger partial charge in [-0.15, -0.1) is 11.6 Å². The van der Waals surface area contributed by atoms with E-state index in [0.29, 0.717) is 11.3 Å². The monoisotopic (exact) mass is 258 g/mol. The van der Waals surface area contributed by atoms with Crippen LogP contribution in [0.25, 0.3) is 0 Å². The van der Waals surface area contributed by atoms with Crippen LogP contribution < -0.4 is 0 Å². The molecule has 1 fully saturated rings. The van der Waals surface area contributed by atoms with E-state index in [0.717, 1.165) is 31.6 Å². The molecule has 1 N–H and O–H groups in total. The fourth-order valence-electron chi connectivity index (χ4n) is 2.54. The molecule has 2 unspecified atom stereocenters. The van der Waals surface area contributed by atoms with Gasteiger partial charge in [0.1, 0.15) is 0 Å². The molecule has 0 heterocycles. The summed E-state index contributed by atoms with van der Waals surface area (Å²) < 4.78 is 0. The Labute approximate surface area is 109 Å². The van der Waals surface area contributed by atoms with Crippen LogP contribution in [0.5, 0.6) is 0 Å². The van der Waals surface area contributed by atoms with Crippen molar-refractivity contribution in [2.45, 2.75) is 57.2 Å². The minimum Gasteiger partial charge on any atom is -0.481 e. The SMILES string of the molecule is CC1CCCC(Cl)[C@@H]1C/C=C\CCCC(=O)O. The minimum atomic E-state index is -0.708. The van der Waals surface area contributed by atoms with E-state index in [1.807, 2.05) is 0 Å². The molecule has 1 saturated carbocycles. The van der Waals surface area contributed by atoms with Crippen molar-refractivity contribution in [1.82, 2.24) is 0 Å². The van der Waals surface area contributed by atoms with Gasteiger partial charge in [0.2, 0.25) is 0 Å². The smallest absolute Gasteiger partial charge is 0.303 e. The summed E-state index contributed by atoms with van der Waals surface area (Å²) in [5.41, 5.74) is 0. The van der Waals surface area contributed by atoms with Crippen LogP contribution in [0.15, 0.2) is 12.2 Å². The normalized spacial score (nSPS) is 29.6. The van der Waals surface area contributed by atoms with E-state index in [4.69, 9.17) is 16.7 Å². The number of aliphatic carboxylic acids is 1. The molecule has 0 saturated heterocycles. The van der Waals surface area contributed by atoms with Gasteiger partial charge in [-0.1, -0.05) is 31.9 Å². The largest absolute Gasteiger partial charge is 0.481 e. The molecule has 0 bridgehead atoms. The third kappa shape index (κ3) is 5.58. The highest BCUT2D eigenvalue weighted by Gasteiger charge is 2.27. The molecule has 3 heteroatoms. The number of alkyl halides is 1. The summed E-state index contributed by atoms with van der Waals surface area (Å²) in [6.45, 7) is 2.29. The lowest BCUT2D eigenvalue weighted by atomic mass is 9.78. The van der Waals surface area contributed by atoms with Gasteiger partial charge in [-0.3, -0.25) is 4.79 Å². The molecule has 3 atom stereocenters. The van der Waals surface area contributed by atoms with E-state index in [9.17, 15) is 4.79 Å². The topological polar surface area (TPSA) is 37.3 Å². The van der Waals surface area contributed by atoms with Crippen molar-refractivity contribution in [3.8, 4) is 0 Å². The first-order valence-corrected chi connectivity index (χ1v) is 7.05. The second-order valence-corrected chi connectivity index (χ2v) is 5.64. The minimum absolute atomic E-state index is 0.266. The maximum Gasteiger partial charge on any atom is 0.303 e. The van der Waals surface area contributed by atoms with E-state index in [1.54, 1.807) is 0 Å². The Morgan fingerprint density at radius 3 is 2.82 bits per heavy atom. The number of unbranched alkanes of at least 4 members (excludes halogenated alkanes) is 1. The summed E-state index contributed by atoms with van der Waals surface area (Å²) in [6, 6.07) is 0. The molecule has 0 aromatic rings.